The molecule has 2 amide bonds. The van der Waals surface area contributed by atoms with Gasteiger partial charge in [0.1, 0.15) is 0 Å². The summed E-state index contributed by atoms with van der Waals surface area (Å²) >= 11 is 0. The number of nitrogens with one attached hydrogen (secondary N) is 3. The third-order valence-corrected chi connectivity index (χ3v) is 8.08. The molecule has 182 valence electrons. The maximum Gasteiger partial charge on any atom is 0.257 e. The van der Waals surface area contributed by atoms with Crippen LogP contribution in [0.15, 0.2) is 95.0 Å². The fourth-order valence-corrected chi connectivity index (χ4v) is 5.88. The summed E-state index contributed by atoms with van der Waals surface area (Å²) in [6.45, 7) is 0.222. The van der Waals surface area contributed by atoms with Crippen LogP contribution >= 0.6 is 0 Å². The molecule has 9 nitrogen and oxygen atoms in total. The predicted molar refractivity (Wildman–Crippen MR) is 137 cm³/mol. The Kier molecular flexibility index (Phi) is 5.31. The van der Waals surface area contributed by atoms with E-state index in [1.165, 1.54) is 30.3 Å². The fourth-order valence-electron chi connectivity index (χ4n) is 4.29. The molecule has 0 saturated carbocycles. The lowest BCUT2D eigenvalue weighted by atomic mass is 10.1. The average molecular weight is 510 g/mol. The number of H-pyrrole nitrogens is 1. The molecular weight excluding hydrogens is 490 g/mol. The Morgan fingerprint density at radius 2 is 1.78 bits per heavy atom. The van der Waals surface area contributed by atoms with Crippen LogP contribution in [0.4, 0.5) is 5.69 Å². The Bertz CT molecular complexity index is 1810. The van der Waals surface area contributed by atoms with Crippen molar-refractivity contribution in [2.75, 3.05) is 5.32 Å². The molecule has 10 heteroatoms. The smallest absolute Gasteiger partial charge is 0.257 e. The minimum absolute atomic E-state index is 0.0595. The zero-order valence-corrected chi connectivity index (χ0v) is 20.0. The number of aromatic amines is 1. The third kappa shape index (κ3) is 4.03. The van der Waals surface area contributed by atoms with E-state index in [9.17, 15) is 18.0 Å². The van der Waals surface area contributed by atoms with E-state index >= 15 is 0 Å². The van der Waals surface area contributed by atoms with Gasteiger partial charge in [0, 0.05) is 29.3 Å². The first kappa shape index (κ1) is 22.6. The zero-order valence-electron chi connectivity index (χ0n) is 19.2. The molecule has 6 rings (SSSR count). The van der Waals surface area contributed by atoms with E-state index in [1.54, 1.807) is 24.5 Å². The molecule has 5 aromatic rings. The molecule has 1 aliphatic rings. The second-order valence-corrected chi connectivity index (χ2v) is 10.5. The van der Waals surface area contributed by atoms with Crippen LogP contribution in [0.2, 0.25) is 0 Å². The average Bonchev–Trinajstić information content (AvgIpc) is 3.37. The van der Waals surface area contributed by atoms with E-state index in [1.807, 2.05) is 30.3 Å². The van der Waals surface area contributed by atoms with Crippen LogP contribution < -0.4 is 10.6 Å². The van der Waals surface area contributed by atoms with Crippen LogP contribution in [0.3, 0.4) is 0 Å². The van der Waals surface area contributed by atoms with E-state index < -0.39 is 21.7 Å². The van der Waals surface area contributed by atoms with Gasteiger partial charge in [0.05, 0.1) is 38.4 Å². The summed E-state index contributed by atoms with van der Waals surface area (Å²) < 4.78 is 26.3. The van der Waals surface area contributed by atoms with Crippen molar-refractivity contribution in [1.29, 1.82) is 0 Å². The van der Waals surface area contributed by atoms with Gasteiger partial charge in [0.25, 0.3) is 11.8 Å². The monoisotopic (exact) mass is 509 g/mol. The molecule has 0 atom stereocenters. The maximum atomic E-state index is 13.1. The van der Waals surface area contributed by atoms with Crippen molar-refractivity contribution in [3.63, 3.8) is 0 Å². The van der Waals surface area contributed by atoms with E-state index in [-0.39, 0.29) is 33.2 Å². The number of rotatable bonds is 4. The molecule has 0 spiro atoms. The SMILES string of the molecule is O=C(NCc1ccc(-c2ccc3[nH]ncc3c2)nc1)c1ccc2c(c1)NC(=O)c1ccccc1S2(=O)=O. The maximum absolute atomic E-state index is 13.1. The minimum atomic E-state index is -3.93. The van der Waals surface area contributed by atoms with Crippen LogP contribution in [-0.2, 0) is 16.4 Å². The Morgan fingerprint density at radius 1 is 0.919 bits per heavy atom. The highest BCUT2D eigenvalue weighted by Gasteiger charge is 2.31. The largest absolute Gasteiger partial charge is 0.348 e. The molecule has 0 saturated heterocycles. The first-order valence-corrected chi connectivity index (χ1v) is 12.8. The van der Waals surface area contributed by atoms with E-state index in [2.05, 4.69) is 25.8 Å². The predicted octanol–water partition coefficient (Wildman–Crippen LogP) is 3.95. The van der Waals surface area contributed by atoms with E-state index in [4.69, 9.17) is 0 Å². The summed E-state index contributed by atoms with van der Waals surface area (Å²) in [7, 11) is -3.93. The molecule has 37 heavy (non-hydrogen) atoms. The van der Waals surface area contributed by atoms with E-state index in [0.29, 0.717) is 0 Å². The number of sulfone groups is 1. The summed E-state index contributed by atoms with van der Waals surface area (Å²) in [5.41, 5.74) is 3.83. The lowest BCUT2D eigenvalue weighted by Crippen LogP contribution is -2.23. The van der Waals surface area contributed by atoms with E-state index in [0.717, 1.165) is 27.7 Å². The van der Waals surface area contributed by atoms with Gasteiger partial charge >= 0.3 is 0 Å². The van der Waals surface area contributed by atoms with Crippen molar-refractivity contribution in [2.24, 2.45) is 0 Å². The van der Waals surface area contributed by atoms with Gasteiger partial charge in [-0.3, -0.25) is 19.7 Å². The van der Waals surface area contributed by atoms with Gasteiger partial charge in [-0.05, 0) is 54.1 Å². The zero-order chi connectivity index (χ0) is 25.6. The Hall–Kier alpha value is -4.83. The van der Waals surface area contributed by atoms with Crippen molar-refractivity contribution in [1.82, 2.24) is 20.5 Å². The topological polar surface area (TPSA) is 134 Å². The lowest BCUT2D eigenvalue weighted by Gasteiger charge is -2.10. The number of hydrogen-bond acceptors (Lipinski definition) is 6. The Balaban J connectivity index is 1.19. The number of benzene rings is 3. The van der Waals surface area contributed by atoms with Gasteiger partial charge in [-0.25, -0.2) is 8.42 Å². The number of nitrogens with zero attached hydrogens (tertiary/aromatic N) is 2. The summed E-state index contributed by atoms with van der Waals surface area (Å²) in [4.78, 5) is 29.9. The van der Waals surface area contributed by atoms with Gasteiger partial charge in [-0.1, -0.05) is 24.3 Å². The quantitative estimate of drug-likeness (QED) is 0.336. The standard InChI is InChI=1S/C27H19N5O4S/c33-26(29-14-16-5-8-21(28-13-16)17-6-9-22-19(11-17)15-30-32-22)18-7-10-25-23(12-18)31-27(34)20-3-1-2-4-24(20)37(25,35)36/h1-13,15H,14H2,(H,29,33)(H,30,32)(H,31,34). The number of aromatic nitrogens is 3. The van der Waals surface area contributed by atoms with Crippen LogP contribution in [0.1, 0.15) is 26.3 Å². The molecule has 0 aliphatic carbocycles. The first-order chi connectivity index (χ1) is 17.9. The first-order valence-electron chi connectivity index (χ1n) is 11.4. The molecule has 0 radical (unpaired) electrons. The van der Waals surface area contributed by atoms with Crippen LogP contribution in [0.5, 0.6) is 0 Å². The molecule has 1 aliphatic heterocycles. The van der Waals surface area contributed by atoms with Gasteiger partial charge in [-0.15, -0.1) is 0 Å². The van der Waals surface area contributed by atoms with Gasteiger partial charge in [-0.2, -0.15) is 5.10 Å². The van der Waals surface area contributed by atoms with Crippen molar-refractivity contribution in [3.8, 4) is 11.3 Å². The molecule has 0 fully saturated rings. The van der Waals surface area contributed by atoms with Gasteiger partial charge < -0.3 is 10.6 Å². The number of fused-ring (bicyclic) bond motifs is 3. The van der Waals surface area contributed by atoms with Gasteiger partial charge in [0.15, 0.2) is 0 Å². The van der Waals surface area contributed by atoms with Crippen molar-refractivity contribution < 1.29 is 18.0 Å². The highest BCUT2D eigenvalue weighted by atomic mass is 32.2. The number of anilines is 1. The Labute approximate surface area is 211 Å². The highest BCUT2D eigenvalue weighted by Crippen LogP contribution is 2.34. The number of carbonyl (C=O) groups excluding carboxylic acids is 2. The molecule has 3 N–H and O–H groups in total. The number of hydrogen-bond donors (Lipinski definition) is 3. The molecule has 3 heterocycles. The lowest BCUT2D eigenvalue weighted by molar-refractivity contribution is 0.0949. The summed E-state index contributed by atoms with van der Waals surface area (Å²) in [6.07, 6.45) is 3.45. The van der Waals surface area contributed by atoms with Crippen LogP contribution in [0, 0.1) is 0 Å². The van der Waals surface area contributed by atoms with Gasteiger partial charge in [0.2, 0.25) is 9.84 Å². The molecule has 0 unspecified atom stereocenters. The third-order valence-electron chi connectivity index (χ3n) is 6.21. The number of pyridine rings is 1. The van der Waals surface area contributed by atoms with Crippen molar-refractivity contribution in [3.05, 3.63) is 102 Å². The van der Waals surface area contributed by atoms with Crippen LogP contribution in [-0.4, -0.2) is 35.4 Å². The second kappa shape index (κ2) is 8.68. The summed E-state index contributed by atoms with van der Waals surface area (Å²) in [6, 6.07) is 19.8. The summed E-state index contributed by atoms with van der Waals surface area (Å²) in [5.74, 6) is -0.959. The molecule has 3 aromatic carbocycles. The second-order valence-electron chi connectivity index (χ2n) is 8.57. The van der Waals surface area contributed by atoms with Crippen LogP contribution in [0.25, 0.3) is 22.2 Å². The minimum Gasteiger partial charge on any atom is -0.348 e. The van der Waals surface area contributed by atoms with Crippen molar-refractivity contribution >= 4 is 38.2 Å². The number of amides is 2. The molecule has 0 bridgehead atoms. The normalized spacial score (nSPS) is 13.8. The summed E-state index contributed by atoms with van der Waals surface area (Å²) in [5, 5.41) is 13.4. The molecule has 2 aromatic heterocycles. The Morgan fingerprint density at radius 3 is 2.62 bits per heavy atom. The fraction of sp³-hybridized carbons (Fsp3) is 0.0370. The molecular formula is C27H19N5O4S. The highest BCUT2D eigenvalue weighted by molar-refractivity contribution is 7.91. The number of carbonyl (C=O) groups is 2. The van der Waals surface area contributed by atoms with Crippen molar-refractivity contribution in [2.45, 2.75) is 16.3 Å².